The van der Waals surface area contributed by atoms with Crippen molar-refractivity contribution in [1.29, 1.82) is 0 Å². The number of rotatable bonds is 8. The van der Waals surface area contributed by atoms with Gasteiger partial charge in [0, 0.05) is 25.0 Å². The van der Waals surface area contributed by atoms with Gasteiger partial charge in [0.15, 0.2) is 5.78 Å². The zero-order valence-electron chi connectivity index (χ0n) is 13.2. The first-order valence-electron chi connectivity index (χ1n) is 7.84. The second-order valence-corrected chi connectivity index (χ2v) is 5.47. The third-order valence-corrected chi connectivity index (χ3v) is 3.70. The first kappa shape index (κ1) is 17.8. The average molecular weight is 329 g/mol. The van der Waals surface area contributed by atoms with E-state index in [1.54, 1.807) is 0 Å². The van der Waals surface area contributed by atoms with E-state index in [0.717, 1.165) is 5.56 Å². The van der Waals surface area contributed by atoms with Crippen LogP contribution in [0.2, 0.25) is 0 Å². The van der Waals surface area contributed by atoms with Gasteiger partial charge in [0.25, 0.3) is 0 Å². The molecule has 24 heavy (non-hydrogen) atoms. The lowest BCUT2D eigenvalue weighted by molar-refractivity contribution is -0.121. The van der Waals surface area contributed by atoms with Crippen molar-refractivity contribution in [2.75, 3.05) is 6.61 Å². The van der Waals surface area contributed by atoms with Crippen LogP contribution in [-0.4, -0.2) is 23.4 Å². The van der Waals surface area contributed by atoms with Crippen molar-refractivity contribution in [2.45, 2.75) is 25.3 Å². The standard InChI is InChI=1S/C19H20FNO3/c20-16-8-6-15(7-9-16)18(23)10-11-19(24)21-17(12-13-22)14-4-2-1-3-5-14/h1-9,17,22H,10-13H2,(H,21,24). The summed E-state index contributed by atoms with van der Waals surface area (Å²) in [6.07, 6.45) is 0.505. The van der Waals surface area contributed by atoms with Gasteiger partial charge in [0.05, 0.1) is 6.04 Å². The molecule has 1 atom stereocenters. The Labute approximate surface area is 140 Å². The van der Waals surface area contributed by atoms with Crippen LogP contribution in [0.1, 0.15) is 41.2 Å². The van der Waals surface area contributed by atoms with Gasteiger partial charge >= 0.3 is 0 Å². The molecule has 0 saturated heterocycles. The van der Waals surface area contributed by atoms with Gasteiger partial charge in [-0.15, -0.1) is 0 Å². The summed E-state index contributed by atoms with van der Waals surface area (Å²) in [5, 5.41) is 12.0. The van der Waals surface area contributed by atoms with Gasteiger partial charge in [-0.1, -0.05) is 30.3 Å². The molecule has 0 spiro atoms. The fraction of sp³-hybridized carbons (Fsp3) is 0.263. The molecule has 0 aliphatic carbocycles. The Balaban J connectivity index is 1.89. The predicted octanol–water partition coefficient (Wildman–Crippen LogP) is 3.03. The molecule has 1 amide bonds. The Morgan fingerprint density at radius 2 is 1.67 bits per heavy atom. The van der Waals surface area contributed by atoms with Crippen LogP contribution in [0.25, 0.3) is 0 Å². The number of amides is 1. The summed E-state index contributed by atoms with van der Waals surface area (Å²) in [5.74, 6) is -0.865. The van der Waals surface area contributed by atoms with E-state index in [-0.39, 0.29) is 37.2 Å². The number of hydrogen-bond acceptors (Lipinski definition) is 3. The number of ketones is 1. The van der Waals surface area contributed by atoms with Crippen molar-refractivity contribution in [1.82, 2.24) is 5.32 Å². The van der Waals surface area contributed by atoms with Crippen LogP contribution >= 0.6 is 0 Å². The minimum Gasteiger partial charge on any atom is -0.396 e. The molecule has 0 saturated carbocycles. The molecule has 2 rings (SSSR count). The summed E-state index contributed by atoms with van der Waals surface area (Å²) >= 11 is 0. The molecule has 2 N–H and O–H groups in total. The third kappa shape index (κ3) is 5.28. The molecule has 2 aromatic rings. The first-order chi connectivity index (χ1) is 11.6. The first-order valence-corrected chi connectivity index (χ1v) is 7.84. The molecule has 0 aromatic heterocycles. The topological polar surface area (TPSA) is 66.4 Å². The SMILES string of the molecule is O=C(CCC(=O)c1ccc(F)cc1)NC(CCO)c1ccccc1. The van der Waals surface area contributed by atoms with Gasteiger partial charge in [0.1, 0.15) is 5.82 Å². The van der Waals surface area contributed by atoms with Crippen LogP contribution in [-0.2, 0) is 4.79 Å². The zero-order valence-corrected chi connectivity index (χ0v) is 13.2. The number of aliphatic hydroxyl groups excluding tert-OH is 1. The van der Waals surface area contributed by atoms with E-state index < -0.39 is 5.82 Å². The average Bonchev–Trinajstić information content (AvgIpc) is 2.60. The van der Waals surface area contributed by atoms with Crippen molar-refractivity contribution < 1.29 is 19.1 Å². The molecule has 0 aliphatic heterocycles. The van der Waals surface area contributed by atoms with E-state index in [1.165, 1.54) is 24.3 Å². The number of benzene rings is 2. The van der Waals surface area contributed by atoms with Crippen molar-refractivity contribution in [2.24, 2.45) is 0 Å². The number of halogens is 1. The van der Waals surface area contributed by atoms with Gasteiger partial charge in [0.2, 0.25) is 5.91 Å². The van der Waals surface area contributed by atoms with E-state index in [0.29, 0.717) is 12.0 Å². The van der Waals surface area contributed by atoms with Crippen LogP contribution < -0.4 is 5.32 Å². The van der Waals surface area contributed by atoms with E-state index in [1.807, 2.05) is 30.3 Å². The second kappa shape index (κ2) is 8.93. The summed E-state index contributed by atoms with van der Waals surface area (Å²) in [6.45, 7) is -0.0473. The molecule has 2 aromatic carbocycles. The second-order valence-electron chi connectivity index (χ2n) is 5.47. The monoisotopic (exact) mass is 329 g/mol. The molecular formula is C19H20FNO3. The highest BCUT2D eigenvalue weighted by Gasteiger charge is 2.15. The number of Topliss-reactive ketones (excluding diaryl/α,β-unsaturated/α-hetero) is 1. The van der Waals surface area contributed by atoms with Gasteiger partial charge in [-0.2, -0.15) is 0 Å². The molecule has 126 valence electrons. The lowest BCUT2D eigenvalue weighted by atomic mass is 10.0. The predicted molar refractivity (Wildman–Crippen MR) is 89.0 cm³/mol. The maximum absolute atomic E-state index is 12.8. The Bertz CT molecular complexity index is 671. The highest BCUT2D eigenvalue weighted by molar-refractivity contribution is 5.97. The molecule has 0 heterocycles. The fourth-order valence-corrected chi connectivity index (χ4v) is 2.41. The highest BCUT2D eigenvalue weighted by Crippen LogP contribution is 2.16. The number of aliphatic hydroxyl groups is 1. The van der Waals surface area contributed by atoms with E-state index >= 15 is 0 Å². The van der Waals surface area contributed by atoms with Gasteiger partial charge < -0.3 is 10.4 Å². The number of nitrogens with one attached hydrogen (secondary N) is 1. The van der Waals surface area contributed by atoms with Crippen molar-refractivity contribution in [3.05, 3.63) is 71.5 Å². The minimum atomic E-state index is -0.404. The maximum atomic E-state index is 12.8. The van der Waals surface area contributed by atoms with Gasteiger partial charge in [-0.3, -0.25) is 9.59 Å². The molecule has 5 heteroatoms. The summed E-state index contributed by atoms with van der Waals surface area (Å²) in [6, 6.07) is 14.3. The number of carbonyl (C=O) groups is 2. The molecule has 1 unspecified atom stereocenters. The van der Waals surface area contributed by atoms with Crippen LogP contribution in [0, 0.1) is 5.82 Å². The van der Waals surface area contributed by atoms with E-state index in [4.69, 9.17) is 5.11 Å². The van der Waals surface area contributed by atoms with Crippen LogP contribution in [0.5, 0.6) is 0 Å². The van der Waals surface area contributed by atoms with E-state index in [2.05, 4.69) is 5.32 Å². The van der Waals surface area contributed by atoms with Crippen LogP contribution in [0.4, 0.5) is 4.39 Å². The molecule has 0 radical (unpaired) electrons. The Morgan fingerprint density at radius 1 is 1.00 bits per heavy atom. The van der Waals surface area contributed by atoms with Gasteiger partial charge in [-0.25, -0.2) is 4.39 Å². The fourth-order valence-electron chi connectivity index (χ4n) is 2.41. The summed E-state index contributed by atoms with van der Waals surface area (Å²) in [7, 11) is 0. The summed E-state index contributed by atoms with van der Waals surface area (Å²) in [4.78, 5) is 24.1. The van der Waals surface area contributed by atoms with Crippen LogP contribution in [0.3, 0.4) is 0 Å². The molecular weight excluding hydrogens is 309 g/mol. The Kier molecular flexibility index (Phi) is 6.63. The number of carbonyl (C=O) groups excluding carboxylic acids is 2. The number of hydrogen-bond donors (Lipinski definition) is 2. The summed E-state index contributed by atoms with van der Waals surface area (Å²) < 4.78 is 12.8. The molecule has 0 bridgehead atoms. The third-order valence-electron chi connectivity index (χ3n) is 3.70. The van der Waals surface area contributed by atoms with Crippen LogP contribution in [0.15, 0.2) is 54.6 Å². The largest absolute Gasteiger partial charge is 0.396 e. The van der Waals surface area contributed by atoms with Gasteiger partial charge in [-0.05, 0) is 36.2 Å². The van der Waals surface area contributed by atoms with E-state index in [9.17, 15) is 14.0 Å². The van der Waals surface area contributed by atoms with Crippen molar-refractivity contribution in [3.63, 3.8) is 0 Å². The maximum Gasteiger partial charge on any atom is 0.220 e. The lowest BCUT2D eigenvalue weighted by Crippen LogP contribution is -2.29. The minimum absolute atomic E-state index is 0.0466. The smallest absolute Gasteiger partial charge is 0.220 e. The Morgan fingerprint density at radius 3 is 2.29 bits per heavy atom. The zero-order chi connectivity index (χ0) is 17.4. The molecule has 0 fully saturated rings. The summed E-state index contributed by atoms with van der Waals surface area (Å²) in [5.41, 5.74) is 1.30. The van der Waals surface area contributed by atoms with Crippen molar-refractivity contribution in [3.8, 4) is 0 Å². The van der Waals surface area contributed by atoms with Crippen molar-refractivity contribution >= 4 is 11.7 Å². The lowest BCUT2D eigenvalue weighted by Gasteiger charge is -2.18. The highest BCUT2D eigenvalue weighted by atomic mass is 19.1. The normalized spacial score (nSPS) is 11.8. The molecule has 0 aliphatic rings. The molecule has 4 nitrogen and oxygen atoms in total. The Hall–Kier alpha value is -2.53. The quantitative estimate of drug-likeness (QED) is 0.732.